The molecule has 1 amide bonds. The van der Waals surface area contributed by atoms with E-state index in [2.05, 4.69) is 10.3 Å². The van der Waals surface area contributed by atoms with Crippen molar-refractivity contribution in [1.82, 2.24) is 19.8 Å². The number of amides is 1. The van der Waals surface area contributed by atoms with Gasteiger partial charge >= 0.3 is 0 Å². The van der Waals surface area contributed by atoms with Gasteiger partial charge in [0.05, 0.1) is 6.54 Å². The van der Waals surface area contributed by atoms with E-state index in [1.807, 2.05) is 0 Å². The number of nitrogens with zero attached hydrogens (tertiary/aromatic N) is 4. The van der Waals surface area contributed by atoms with Crippen LogP contribution in [-0.4, -0.2) is 32.3 Å². The first kappa shape index (κ1) is 16.2. The minimum atomic E-state index is -0.397. The Bertz CT molecular complexity index is 1060. The van der Waals surface area contributed by atoms with Crippen molar-refractivity contribution < 1.29 is 13.7 Å². The average molecular weight is 354 g/mol. The van der Waals surface area contributed by atoms with Crippen LogP contribution in [0.4, 0.5) is 4.39 Å². The van der Waals surface area contributed by atoms with Gasteiger partial charge in [-0.1, -0.05) is 17.3 Å². The molecule has 7 nitrogen and oxygen atoms in total. The molecule has 0 spiro atoms. The number of fused-ring (bicyclic) bond motifs is 1. The number of aromatic nitrogens is 3. The van der Waals surface area contributed by atoms with E-state index in [0.717, 1.165) is 4.68 Å². The molecule has 0 radical (unpaired) electrons. The smallest absolute Gasteiger partial charge is 0.274 e. The highest BCUT2D eigenvalue weighted by Gasteiger charge is 2.29. The molecule has 0 saturated carbocycles. The molecule has 1 aromatic carbocycles. The Morgan fingerprint density at radius 3 is 2.81 bits per heavy atom. The highest BCUT2D eigenvalue weighted by Crippen LogP contribution is 2.31. The van der Waals surface area contributed by atoms with Gasteiger partial charge in [0.2, 0.25) is 0 Å². The van der Waals surface area contributed by atoms with Crippen molar-refractivity contribution in [3.05, 3.63) is 69.6 Å². The van der Waals surface area contributed by atoms with E-state index in [4.69, 9.17) is 4.52 Å². The standard InChI is InChI=1S/C18H15FN4O3/c1-22-16(24)7-6-14(20-22)18(25)23-9-8-15-12(10-23)17(21-26-15)11-4-2-3-5-13(11)19/h2-7H,8-10H2,1H3. The molecule has 132 valence electrons. The van der Waals surface area contributed by atoms with Crippen LogP contribution in [0, 0.1) is 5.82 Å². The summed E-state index contributed by atoms with van der Waals surface area (Å²) in [4.78, 5) is 25.8. The molecule has 1 aliphatic heterocycles. The largest absolute Gasteiger partial charge is 0.360 e. The highest BCUT2D eigenvalue weighted by atomic mass is 19.1. The summed E-state index contributed by atoms with van der Waals surface area (Å²) in [5.41, 5.74) is 1.33. The first-order valence-electron chi connectivity index (χ1n) is 8.10. The van der Waals surface area contributed by atoms with Gasteiger partial charge in [-0.3, -0.25) is 9.59 Å². The van der Waals surface area contributed by atoms with E-state index in [-0.39, 0.29) is 23.7 Å². The number of benzene rings is 1. The summed E-state index contributed by atoms with van der Waals surface area (Å²) in [5.74, 6) is -0.0422. The second kappa shape index (κ2) is 6.21. The minimum Gasteiger partial charge on any atom is -0.360 e. The Labute approximate surface area is 147 Å². The summed E-state index contributed by atoms with van der Waals surface area (Å²) in [6, 6.07) is 9.02. The van der Waals surface area contributed by atoms with Crippen LogP contribution >= 0.6 is 0 Å². The molecule has 0 fully saturated rings. The van der Waals surface area contributed by atoms with Crippen LogP contribution in [0.3, 0.4) is 0 Å². The molecule has 0 atom stereocenters. The van der Waals surface area contributed by atoms with Gasteiger partial charge in [0, 0.05) is 37.2 Å². The zero-order valence-corrected chi connectivity index (χ0v) is 14.0. The molecule has 0 saturated heterocycles. The molecule has 3 aromatic rings. The van der Waals surface area contributed by atoms with Crippen LogP contribution in [0.25, 0.3) is 11.3 Å². The van der Waals surface area contributed by atoms with E-state index < -0.39 is 5.82 Å². The van der Waals surface area contributed by atoms with Crippen molar-refractivity contribution in [2.45, 2.75) is 13.0 Å². The van der Waals surface area contributed by atoms with E-state index in [1.54, 1.807) is 23.1 Å². The predicted octanol–water partition coefficient (Wildman–Crippen LogP) is 1.77. The molecule has 0 aliphatic carbocycles. The highest BCUT2D eigenvalue weighted by molar-refractivity contribution is 5.92. The van der Waals surface area contributed by atoms with Crippen molar-refractivity contribution in [1.29, 1.82) is 0 Å². The molecule has 0 N–H and O–H groups in total. The first-order valence-corrected chi connectivity index (χ1v) is 8.10. The first-order chi connectivity index (χ1) is 12.5. The number of halogens is 1. The number of rotatable bonds is 2. The maximum atomic E-state index is 14.1. The van der Waals surface area contributed by atoms with Gasteiger partial charge in [0.25, 0.3) is 11.5 Å². The van der Waals surface area contributed by atoms with Crippen LogP contribution in [0.1, 0.15) is 21.8 Å². The molecule has 4 rings (SSSR count). The fourth-order valence-electron chi connectivity index (χ4n) is 3.03. The lowest BCUT2D eigenvalue weighted by Gasteiger charge is -2.26. The van der Waals surface area contributed by atoms with Gasteiger partial charge in [-0.15, -0.1) is 0 Å². The zero-order valence-electron chi connectivity index (χ0n) is 14.0. The lowest BCUT2D eigenvalue weighted by Crippen LogP contribution is -2.37. The fourth-order valence-corrected chi connectivity index (χ4v) is 3.03. The summed E-state index contributed by atoms with van der Waals surface area (Å²) in [6.45, 7) is 0.675. The van der Waals surface area contributed by atoms with Crippen LogP contribution in [-0.2, 0) is 20.0 Å². The molecule has 2 aromatic heterocycles. The maximum Gasteiger partial charge on any atom is 0.274 e. The van der Waals surface area contributed by atoms with Crippen molar-refractivity contribution in [2.24, 2.45) is 7.05 Å². The Hall–Kier alpha value is -3.29. The van der Waals surface area contributed by atoms with Gasteiger partial charge in [0.1, 0.15) is 23.0 Å². The third-order valence-electron chi connectivity index (χ3n) is 4.42. The van der Waals surface area contributed by atoms with E-state index in [0.29, 0.717) is 35.5 Å². The van der Waals surface area contributed by atoms with Gasteiger partial charge < -0.3 is 9.42 Å². The Kier molecular flexibility index (Phi) is 3.87. The molecule has 0 unspecified atom stereocenters. The quantitative estimate of drug-likeness (QED) is 0.701. The number of hydrogen-bond acceptors (Lipinski definition) is 5. The molecular weight excluding hydrogens is 339 g/mol. The molecule has 0 bridgehead atoms. The minimum absolute atomic E-state index is 0.180. The third-order valence-corrected chi connectivity index (χ3v) is 4.42. The Morgan fingerprint density at radius 2 is 2.04 bits per heavy atom. The number of aryl methyl sites for hydroxylation is 1. The summed E-state index contributed by atoms with van der Waals surface area (Å²) in [6.07, 6.45) is 0.480. The molecule has 8 heteroatoms. The van der Waals surface area contributed by atoms with Gasteiger partial charge in [-0.05, 0) is 18.2 Å². The third kappa shape index (κ3) is 2.69. The number of carbonyl (C=O) groups excluding carboxylic acids is 1. The lowest BCUT2D eigenvalue weighted by atomic mass is 10.0. The second-order valence-electron chi connectivity index (χ2n) is 6.07. The molecule has 3 heterocycles. The average Bonchev–Trinajstić information content (AvgIpc) is 3.07. The number of hydrogen-bond donors (Lipinski definition) is 0. The zero-order chi connectivity index (χ0) is 18.3. The van der Waals surface area contributed by atoms with Crippen molar-refractivity contribution in [3.63, 3.8) is 0 Å². The van der Waals surface area contributed by atoms with Gasteiger partial charge in [0.15, 0.2) is 0 Å². The molecule has 1 aliphatic rings. The Morgan fingerprint density at radius 1 is 1.23 bits per heavy atom. The summed E-state index contributed by atoms with van der Waals surface area (Å²) in [5, 5.41) is 8.01. The van der Waals surface area contributed by atoms with Gasteiger partial charge in [-0.25, -0.2) is 9.07 Å². The topological polar surface area (TPSA) is 81.2 Å². The summed E-state index contributed by atoms with van der Waals surface area (Å²) < 4.78 is 20.6. The Balaban J connectivity index is 1.66. The van der Waals surface area contributed by atoms with Crippen LogP contribution in [0.15, 0.2) is 45.7 Å². The van der Waals surface area contributed by atoms with Crippen LogP contribution in [0.2, 0.25) is 0 Å². The number of carbonyl (C=O) groups is 1. The normalized spacial score (nSPS) is 13.5. The van der Waals surface area contributed by atoms with Crippen molar-refractivity contribution >= 4 is 5.91 Å². The van der Waals surface area contributed by atoms with Crippen molar-refractivity contribution in [2.75, 3.05) is 6.54 Å². The fraction of sp³-hybridized carbons (Fsp3) is 0.222. The van der Waals surface area contributed by atoms with Gasteiger partial charge in [-0.2, -0.15) is 5.10 Å². The summed E-state index contributed by atoms with van der Waals surface area (Å²) in [7, 11) is 1.49. The summed E-state index contributed by atoms with van der Waals surface area (Å²) >= 11 is 0. The van der Waals surface area contributed by atoms with Crippen LogP contribution < -0.4 is 5.56 Å². The van der Waals surface area contributed by atoms with E-state index in [9.17, 15) is 14.0 Å². The second-order valence-corrected chi connectivity index (χ2v) is 6.07. The van der Waals surface area contributed by atoms with Crippen LogP contribution in [0.5, 0.6) is 0 Å². The molecule has 26 heavy (non-hydrogen) atoms. The van der Waals surface area contributed by atoms with E-state index in [1.165, 1.54) is 25.2 Å². The SMILES string of the molecule is Cn1nc(C(=O)N2CCc3onc(-c4ccccc4F)c3C2)ccc1=O. The van der Waals surface area contributed by atoms with E-state index >= 15 is 0 Å². The van der Waals surface area contributed by atoms with Crippen molar-refractivity contribution in [3.8, 4) is 11.3 Å². The predicted molar refractivity (Wildman–Crippen MR) is 89.8 cm³/mol. The monoisotopic (exact) mass is 354 g/mol. The lowest BCUT2D eigenvalue weighted by molar-refractivity contribution is 0.0720. The molecular formula is C18H15FN4O3. The maximum absolute atomic E-state index is 14.1.